The number of rotatable bonds is 3. The summed E-state index contributed by atoms with van der Waals surface area (Å²) in [6, 6.07) is 55.4. The monoisotopic (exact) mass is 601 g/mol. The lowest BCUT2D eigenvalue weighted by Gasteiger charge is -2.27. The standard InChI is InChI=1S/C45H31NO/c1-45(2)41-13-7-5-11-36(41)39-26-31(19-23-42(39)45)46(32-20-24-44-40(27-32)37-12-6-8-14-43(37)47-44)30-18-15-29-17-21-34-33-10-4-3-9-28(33)16-22-35(34)38(29)25-30/h3-27H,1-2H3. The summed E-state index contributed by atoms with van der Waals surface area (Å²) in [5, 5.41) is 9.82. The second-order valence-corrected chi connectivity index (χ2v) is 13.4. The molecule has 47 heavy (non-hydrogen) atoms. The van der Waals surface area contributed by atoms with E-state index in [0.29, 0.717) is 0 Å². The van der Waals surface area contributed by atoms with Gasteiger partial charge in [0.05, 0.1) is 0 Å². The van der Waals surface area contributed by atoms with Gasteiger partial charge in [0, 0.05) is 33.2 Å². The van der Waals surface area contributed by atoms with Crippen LogP contribution in [0.4, 0.5) is 17.1 Å². The number of hydrogen-bond acceptors (Lipinski definition) is 2. The minimum absolute atomic E-state index is 0.0471. The van der Waals surface area contributed by atoms with Gasteiger partial charge in [-0.2, -0.15) is 0 Å². The van der Waals surface area contributed by atoms with E-state index in [9.17, 15) is 0 Å². The van der Waals surface area contributed by atoms with E-state index in [0.717, 1.165) is 39.0 Å². The molecular weight excluding hydrogens is 571 g/mol. The molecule has 1 aliphatic carbocycles. The Morgan fingerprint density at radius 2 is 0.979 bits per heavy atom. The molecule has 222 valence electrons. The second kappa shape index (κ2) is 9.57. The predicted octanol–water partition coefficient (Wildman–Crippen LogP) is 12.8. The summed E-state index contributed by atoms with van der Waals surface area (Å²) >= 11 is 0. The molecule has 0 amide bonds. The maximum absolute atomic E-state index is 6.24. The van der Waals surface area contributed by atoms with Crippen LogP contribution in [0.3, 0.4) is 0 Å². The minimum Gasteiger partial charge on any atom is -0.456 e. The molecule has 8 aromatic carbocycles. The average Bonchev–Trinajstić information content (AvgIpc) is 3.59. The molecule has 0 saturated heterocycles. The van der Waals surface area contributed by atoms with Crippen molar-refractivity contribution in [3.05, 3.63) is 163 Å². The smallest absolute Gasteiger partial charge is 0.135 e. The third-order valence-corrected chi connectivity index (χ3v) is 10.4. The molecule has 0 atom stereocenters. The Bertz CT molecular complexity index is 2730. The van der Waals surface area contributed by atoms with E-state index in [4.69, 9.17) is 4.42 Å². The number of para-hydroxylation sites is 1. The van der Waals surface area contributed by atoms with Gasteiger partial charge >= 0.3 is 0 Å². The second-order valence-electron chi connectivity index (χ2n) is 13.4. The Morgan fingerprint density at radius 1 is 0.404 bits per heavy atom. The molecule has 0 unspecified atom stereocenters. The van der Waals surface area contributed by atoms with E-state index in [2.05, 4.69) is 158 Å². The molecule has 2 heteroatoms. The first-order chi connectivity index (χ1) is 23.0. The Balaban J connectivity index is 1.24. The van der Waals surface area contributed by atoms with E-state index in [-0.39, 0.29) is 5.41 Å². The van der Waals surface area contributed by atoms with E-state index in [1.807, 2.05) is 12.1 Å². The van der Waals surface area contributed by atoms with Crippen LogP contribution >= 0.6 is 0 Å². The summed E-state index contributed by atoms with van der Waals surface area (Å²) in [6.45, 7) is 4.68. The Hall–Kier alpha value is -5.86. The van der Waals surface area contributed by atoms with Crippen molar-refractivity contribution in [1.29, 1.82) is 0 Å². The van der Waals surface area contributed by atoms with Gasteiger partial charge in [-0.25, -0.2) is 0 Å². The van der Waals surface area contributed by atoms with Gasteiger partial charge in [-0.15, -0.1) is 0 Å². The van der Waals surface area contributed by atoms with Crippen LogP contribution in [0.1, 0.15) is 25.0 Å². The van der Waals surface area contributed by atoms with Crippen molar-refractivity contribution in [1.82, 2.24) is 0 Å². The Kier molecular flexibility index (Phi) is 5.37. The molecule has 10 rings (SSSR count). The molecule has 1 aromatic heterocycles. The summed E-state index contributed by atoms with van der Waals surface area (Å²) in [4.78, 5) is 2.41. The van der Waals surface area contributed by atoms with Crippen LogP contribution in [-0.2, 0) is 5.41 Å². The molecule has 0 saturated carbocycles. The molecule has 1 heterocycles. The van der Waals surface area contributed by atoms with Crippen LogP contribution in [0.2, 0.25) is 0 Å². The van der Waals surface area contributed by atoms with Crippen molar-refractivity contribution < 1.29 is 4.42 Å². The minimum atomic E-state index is -0.0471. The lowest BCUT2D eigenvalue weighted by molar-refractivity contribution is 0.660. The number of furan rings is 1. The molecule has 2 nitrogen and oxygen atoms in total. The van der Waals surface area contributed by atoms with Crippen molar-refractivity contribution in [2.45, 2.75) is 19.3 Å². The van der Waals surface area contributed by atoms with Crippen molar-refractivity contribution in [3.63, 3.8) is 0 Å². The number of hydrogen-bond donors (Lipinski definition) is 0. The van der Waals surface area contributed by atoms with Crippen molar-refractivity contribution in [2.24, 2.45) is 0 Å². The molecule has 0 radical (unpaired) electrons. The van der Waals surface area contributed by atoms with Crippen LogP contribution in [0.15, 0.2) is 156 Å². The van der Waals surface area contributed by atoms with E-state index in [1.54, 1.807) is 0 Å². The van der Waals surface area contributed by atoms with E-state index >= 15 is 0 Å². The Labute approximate surface area is 273 Å². The lowest BCUT2D eigenvalue weighted by Crippen LogP contribution is -2.15. The van der Waals surface area contributed by atoms with Gasteiger partial charge < -0.3 is 9.32 Å². The third kappa shape index (κ3) is 3.79. The fourth-order valence-electron chi connectivity index (χ4n) is 8.09. The Morgan fingerprint density at radius 3 is 1.85 bits per heavy atom. The molecule has 0 N–H and O–H groups in total. The molecule has 0 fully saturated rings. The molecule has 0 spiro atoms. The third-order valence-electron chi connectivity index (χ3n) is 10.4. The molecular formula is C45H31NO. The van der Waals surface area contributed by atoms with Crippen molar-refractivity contribution >= 4 is 71.3 Å². The van der Waals surface area contributed by atoms with E-state index in [1.165, 1.54) is 54.6 Å². The highest BCUT2D eigenvalue weighted by Crippen LogP contribution is 2.51. The number of anilines is 3. The summed E-state index contributed by atoms with van der Waals surface area (Å²) in [7, 11) is 0. The topological polar surface area (TPSA) is 16.4 Å². The first-order valence-corrected chi connectivity index (χ1v) is 16.3. The van der Waals surface area contributed by atoms with Crippen LogP contribution in [0, 0.1) is 0 Å². The lowest BCUT2D eigenvalue weighted by atomic mass is 9.82. The highest BCUT2D eigenvalue weighted by atomic mass is 16.3. The average molecular weight is 602 g/mol. The first-order valence-electron chi connectivity index (χ1n) is 16.3. The highest BCUT2D eigenvalue weighted by Gasteiger charge is 2.35. The first kappa shape index (κ1) is 26.4. The van der Waals surface area contributed by atoms with Gasteiger partial charge in [0.25, 0.3) is 0 Å². The fourth-order valence-corrected chi connectivity index (χ4v) is 8.09. The number of fused-ring (bicyclic) bond motifs is 11. The van der Waals surface area contributed by atoms with Gasteiger partial charge in [0.15, 0.2) is 0 Å². The van der Waals surface area contributed by atoms with Crippen LogP contribution in [0.5, 0.6) is 0 Å². The van der Waals surface area contributed by atoms with Crippen molar-refractivity contribution in [2.75, 3.05) is 4.90 Å². The summed E-state index contributed by atoms with van der Waals surface area (Å²) in [6.07, 6.45) is 0. The normalized spacial score (nSPS) is 13.5. The zero-order chi connectivity index (χ0) is 31.3. The fraction of sp³-hybridized carbons (Fsp3) is 0.0667. The predicted molar refractivity (Wildman–Crippen MR) is 198 cm³/mol. The number of benzene rings is 8. The summed E-state index contributed by atoms with van der Waals surface area (Å²) < 4.78 is 6.24. The van der Waals surface area contributed by atoms with Crippen molar-refractivity contribution in [3.8, 4) is 11.1 Å². The maximum Gasteiger partial charge on any atom is 0.135 e. The molecule has 0 bridgehead atoms. The van der Waals surface area contributed by atoms with Crippen LogP contribution < -0.4 is 4.90 Å². The summed E-state index contributed by atoms with van der Waals surface area (Å²) in [5.74, 6) is 0. The maximum atomic E-state index is 6.24. The van der Waals surface area contributed by atoms with Crippen LogP contribution in [-0.4, -0.2) is 0 Å². The molecule has 1 aliphatic rings. The van der Waals surface area contributed by atoms with Gasteiger partial charge in [-0.05, 0) is 103 Å². The SMILES string of the molecule is CC1(C)c2ccccc2-c2cc(N(c3ccc4ccc5c6ccccc6ccc5c4c3)c3ccc4oc5ccccc5c4c3)ccc21. The molecule has 0 aliphatic heterocycles. The number of nitrogens with zero attached hydrogens (tertiary/aromatic N) is 1. The molecule has 9 aromatic rings. The van der Waals surface area contributed by atoms with Gasteiger partial charge in [-0.3, -0.25) is 0 Å². The van der Waals surface area contributed by atoms with Crippen LogP contribution in [0.25, 0.3) is 65.4 Å². The largest absolute Gasteiger partial charge is 0.456 e. The van der Waals surface area contributed by atoms with Gasteiger partial charge in [-0.1, -0.05) is 117 Å². The highest BCUT2D eigenvalue weighted by molar-refractivity contribution is 6.18. The van der Waals surface area contributed by atoms with Gasteiger partial charge in [0.1, 0.15) is 11.2 Å². The summed E-state index contributed by atoms with van der Waals surface area (Å²) in [5.41, 5.74) is 10.5. The zero-order valence-corrected chi connectivity index (χ0v) is 26.3. The quantitative estimate of drug-likeness (QED) is 0.187. The van der Waals surface area contributed by atoms with Gasteiger partial charge in [0.2, 0.25) is 0 Å². The van der Waals surface area contributed by atoms with E-state index < -0.39 is 0 Å². The zero-order valence-electron chi connectivity index (χ0n) is 26.3.